The topological polar surface area (TPSA) is 70.7 Å². The van der Waals surface area contributed by atoms with Crippen molar-refractivity contribution in [3.63, 3.8) is 0 Å². The van der Waals surface area contributed by atoms with Crippen molar-refractivity contribution in [2.24, 2.45) is 5.92 Å². The lowest BCUT2D eigenvalue weighted by Gasteiger charge is -2.35. The van der Waals surface area contributed by atoms with Gasteiger partial charge in [0.25, 0.3) is 5.91 Å². The average Bonchev–Trinajstić information content (AvgIpc) is 3.05. The number of amides is 1. The Balaban J connectivity index is 1.46. The molecule has 0 aliphatic carbocycles. The van der Waals surface area contributed by atoms with Gasteiger partial charge in [0.05, 0.1) is 19.4 Å². The number of aromatic amines is 1. The Morgan fingerprint density at radius 2 is 2.00 bits per heavy atom. The lowest BCUT2D eigenvalue weighted by molar-refractivity contribution is 0.0712. The van der Waals surface area contributed by atoms with E-state index in [0.29, 0.717) is 17.7 Å². The third-order valence-electron chi connectivity index (χ3n) is 5.89. The molecule has 2 aromatic rings. The van der Waals surface area contributed by atoms with E-state index in [4.69, 9.17) is 9.47 Å². The molecule has 150 valence electrons. The van der Waals surface area contributed by atoms with Crippen molar-refractivity contribution in [3.8, 4) is 17.0 Å². The number of hydrogen-bond donors (Lipinski definition) is 1. The first kappa shape index (κ1) is 19.0. The molecule has 3 aliphatic rings. The number of carbonyl (C=O) groups excluding carboxylic acids is 1. The van der Waals surface area contributed by atoms with Crippen LogP contribution in [0.15, 0.2) is 30.3 Å². The van der Waals surface area contributed by atoms with Crippen LogP contribution in [0.1, 0.15) is 23.3 Å². The molecule has 0 spiro atoms. The smallest absolute Gasteiger partial charge is 0.271 e. The molecular weight excluding hydrogens is 356 g/mol. The standard InChI is InChI=1S/C21H28N4O3/c1-27-10-9-24-12-15-3-6-17(24)14-25(13-15)21(26)20-11-19(22-23-20)16-4-7-18(28-2)8-5-16/h4-5,7-8,11,15,17H,3,6,9-10,12-14H2,1-2H3,(H,22,23)/t15-,17-/m0/s1. The van der Waals surface area contributed by atoms with Crippen LogP contribution < -0.4 is 4.74 Å². The second-order valence-electron chi connectivity index (χ2n) is 7.69. The molecule has 0 radical (unpaired) electrons. The molecule has 7 nitrogen and oxygen atoms in total. The van der Waals surface area contributed by atoms with Gasteiger partial charge in [-0.1, -0.05) is 0 Å². The summed E-state index contributed by atoms with van der Waals surface area (Å²) in [4.78, 5) is 17.6. The Morgan fingerprint density at radius 1 is 1.18 bits per heavy atom. The number of aromatic nitrogens is 2. The number of H-pyrrole nitrogens is 1. The zero-order chi connectivity index (χ0) is 19.5. The Labute approximate surface area is 165 Å². The first-order chi connectivity index (χ1) is 13.7. The summed E-state index contributed by atoms with van der Waals surface area (Å²) in [7, 11) is 3.38. The van der Waals surface area contributed by atoms with E-state index in [-0.39, 0.29) is 5.91 Å². The first-order valence-electron chi connectivity index (χ1n) is 9.90. The van der Waals surface area contributed by atoms with Crippen molar-refractivity contribution in [1.29, 1.82) is 0 Å². The van der Waals surface area contributed by atoms with Crippen molar-refractivity contribution in [1.82, 2.24) is 20.0 Å². The summed E-state index contributed by atoms with van der Waals surface area (Å²) in [5.74, 6) is 1.37. The molecule has 1 aromatic carbocycles. The van der Waals surface area contributed by atoms with Gasteiger partial charge in [0.2, 0.25) is 0 Å². The maximum Gasteiger partial charge on any atom is 0.271 e. The molecule has 3 saturated heterocycles. The second-order valence-corrected chi connectivity index (χ2v) is 7.69. The van der Waals surface area contributed by atoms with Crippen LogP contribution in [0.2, 0.25) is 0 Å². The van der Waals surface area contributed by atoms with Crippen LogP contribution in [0.5, 0.6) is 5.75 Å². The number of fused-ring (bicyclic) bond motifs is 4. The van der Waals surface area contributed by atoms with Gasteiger partial charge in [-0.05, 0) is 49.1 Å². The molecule has 1 amide bonds. The zero-order valence-corrected chi connectivity index (χ0v) is 16.6. The first-order valence-corrected chi connectivity index (χ1v) is 9.90. The van der Waals surface area contributed by atoms with Gasteiger partial charge in [-0.2, -0.15) is 5.10 Å². The fraction of sp³-hybridized carbons (Fsp3) is 0.524. The van der Waals surface area contributed by atoms with E-state index in [1.807, 2.05) is 35.2 Å². The van der Waals surface area contributed by atoms with Gasteiger partial charge in [-0.3, -0.25) is 14.8 Å². The number of methoxy groups -OCH3 is 2. The molecule has 7 heteroatoms. The largest absolute Gasteiger partial charge is 0.497 e. The maximum atomic E-state index is 13.1. The fourth-order valence-electron chi connectivity index (χ4n) is 4.34. The van der Waals surface area contributed by atoms with E-state index in [0.717, 1.165) is 56.2 Å². The summed E-state index contributed by atoms with van der Waals surface area (Å²) < 4.78 is 10.5. The Bertz CT molecular complexity index is 804. The highest BCUT2D eigenvalue weighted by Crippen LogP contribution is 2.29. The molecule has 5 rings (SSSR count). The number of benzene rings is 1. The predicted octanol–water partition coefficient (Wildman–Crippen LogP) is 2.27. The number of ether oxygens (including phenoxy) is 2. The fourth-order valence-corrected chi connectivity index (χ4v) is 4.34. The molecule has 2 bridgehead atoms. The molecular formula is C21H28N4O3. The lowest BCUT2D eigenvalue weighted by atomic mass is 9.95. The van der Waals surface area contributed by atoms with Crippen LogP contribution in [0, 0.1) is 5.92 Å². The Kier molecular flexibility index (Phi) is 5.64. The molecule has 3 fully saturated rings. The van der Waals surface area contributed by atoms with Crippen molar-refractivity contribution in [2.45, 2.75) is 18.9 Å². The quantitative estimate of drug-likeness (QED) is 0.827. The van der Waals surface area contributed by atoms with Crippen LogP contribution in [-0.4, -0.2) is 79.0 Å². The van der Waals surface area contributed by atoms with Gasteiger partial charge < -0.3 is 14.4 Å². The third-order valence-corrected chi connectivity index (χ3v) is 5.89. The molecule has 4 heterocycles. The molecule has 1 N–H and O–H groups in total. The normalized spacial score (nSPS) is 22.3. The van der Waals surface area contributed by atoms with E-state index in [2.05, 4.69) is 15.1 Å². The summed E-state index contributed by atoms with van der Waals surface area (Å²) in [5.41, 5.74) is 2.28. The molecule has 0 unspecified atom stereocenters. The molecule has 2 atom stereocenters. The lowest BCUT2D eigenvalue weighted by Crippen LogP contribution is -2.45. The van der Waals surface area contributed by atoms with Gasteiger partial charge in [-0.15, -0.1) is 0 Å². The average molecular weight is 384 g/mol. The van der Waals surface area contributed by atoms with Gasteiger partial charge in [0.15, 0.2) is 0 Å². The number of piperidine rings is 1. The number of nitrogens with one attached hydrogen (secondary N) is 1. The van der Waals surface area contributed by atoms with E-state index in [1.165, 1.54) is 6.42 Å². The number of carbonyl (C=O) groups is 1. The summed E-state index contributed by atoms with van der Waals surface area (Å²) in [6.45, 7) is 4.32. The van der Waals surface area contributed by atoms with E-state index >= 15 is 0 Å². The van der Waals surface area contributed by atoms with Crippen LogP contribution in [0.4, 0.5) is 0 Å². The molecule has 1 aromatic heterocycles. The second kappa shape index (κ2) is 8.32. The highest BCUT2D eigenvalue weighted by Gasteiger charge is 2.36. The molecule has 28 heavy (non-hydrogen) atoms. The minimum atomic E-state index is 0.0396. The minimum Gasteiger partial charge on any atom is -0.497 e. The van der Waals surface area contributed by atoms with Gasteiger partial charge in [0.1, 0.15) is 11.4 Å². The van der Waals surface area contributed by atoms with Crippen molar-refractivity contribution in [2.75, 3.05) is 47.0 Å². The van der Waals surface area contributed by atoms with E-state index in [9.17, 15) is 4.79 Å². The van der Waals surface area contributed by atoms with Gasteiger partial charge in [-0.25, -0.2) is 0 Å². The van der Waals surface area contributed by atoms with Crippen LogP contribution in [0.25, 0.3) is 11.3 Å². The summed E-state index contributed by atoms with van der Waals surface area (Å²) >= 11 is 0. The Hall–Kier alpha value is -2.38. The highest BCUT2D eigenvalue weighted by molar-refractivity contribution is 5.93. The Morgan fingerprint density at radius 3 is 2.75 bits per heavy atom. The number of hydrogen-bond acceptors (Lipinski definition) is 5. The van der Waals surface area contributed by atoms with Crippen LogP contribution in [0.3, 0.4) is 0 Å². The summed E-state index contributed by atoms with van der Waals surface area (Å²) in [5, 5.41) is 7.29. The minimum absolute atomic E-state index is 0.0396. The number of nitrogens with zero attached hydrogens (tertiary/aromatic N) is 3. The summed E-state index contributed by atoms with van der Waals surface area (Å²) in [6.07, 6.45) is 2.34. The van der Waals surface area contributed by atoms with Gasteiger partial charge in [0, 0.05) is 44.9 Å². The number of rotatable bonds is 6. The SMILES string of the molecule is COCCN1C[C@@H]2CC[C@H]1CN(C(=O)c1cc(-c3ccc(OC)cc3)n[nH]1)C2. The maximum absolute atomic E-state index is 13.1. The summed E-state index contributed by atoms with van der Waals surface area (Å²) in [6, 6.07) is 9.95. The van der Waals surface area contributed by atoms with E-state index < -0.39 is 0 Å². The van der Waals surface area contributed by atoms with Crippen molar-refractivity contribution < 1.29 is 14.3 Å². The predicted molar refractivity (Wildman–Crippen MR) is 106 cm³/mol. The zero-order valence-electron chi connectivity index (χ0n) is 16.6. The molecule has 0 saturated carbocycles. The van der Waals surface area contributed by atoms with Crippen molar-refractivity contribution >= 4 is 5.91 Å². The van der Waals surface area contributed by atoms with Crippen LogP contribution in [-0.2, 0) is 4.74 Å². The van der Waals surface area contributed by atoms with Gasteiger partial charge >= 0.3 is 0 Å². The van der Waals surface area contributed by atoms with Crippen molar-refractivity contribution in [3.05, 3.63) is 36.0 Å². The van der Waals surface area contributed by atoms with Crippen LogP contribution >= 0.6 is 0 Å². The third kappa shape index (κ3) is 3.91. The van der Waals surface area contributed by atoms with E-state index in [1.54, 1.807) is 14.2 Å². The highest BCUT2D eigenvalue weighted by atomic mass is 16.5. The molecule has 3 aliphatic heterocycles. The monoisotopic (exact) mass is 384 g/mol.